The topological polar surface area (TPSA) is 64.3 Å². The minimum Gasteiger partial charge on any atom is -0.337 e. The predicted octanol–water partition coefficient (Wildman–Crippen LogP) is 3.82. The van der Waals surface area contributed by atoms with Crippen LogP contribution in [0, 0.1) is 0 Å². The van der Waals surface area contributed by atoms with Gasteiger partial charge in [-0.1, -0.05) is 54.1 Å². The monoisotopic (exact) mass is 465 g/mol. The largest absolute Gasteiger partial charge is 0.337 e. The molecule has 0 spiro atoms. The molecule has 5 rings (SSSR count). The summed E-state index contributed by atoms with van der Waals surface area (Å²) in [6, 6.07) is 16.5. The molecule has 6 nitrogen and oxygen atoms in total. The summed E-state index contributed by atoms with van der Waals surface area (Å²) in [5.74, 6) is 0.00302. The van der Waals surface area contributed by atoms with E-state index in [0.29, 0.717) is 47.0 Å². The second-order valence-corrected chi connectivity index (χ2v) is 9.31. The van der Waals surface area contributed by atoms with Gasteiger partial charge in [0.2, 0.25) is 5.91 Å². The first-order chi connectivity index (χ1) is 15.5. The van der Waals surface area contributed by atoms with Gasteiger partial charge in [0.25, 0.3) is 5.56 Å². The van der Waals surface area contributed by atoms with Gasteiger partial charge in [-0.3, -0.25) is 14.2 Å². The summed E-state index contributed by atoms with van der Waals surface area (Å²) >= 11 is 7.81. The number of benzene rings is 2. The van der Waals surface area contributed by atoms with Gasteiger partial charge < -0.3 is 4.90 Å². The number of nitrogens with zero attached hydrogens (tertiary/aromatic N) is 3. The van der Waals surface area contributed by atoms with Crippen LogP contribution in [-0.4, -0.2) is 26.5 Å². The highest BCUT2D eigenvalue weighted by Gasteiger charge is 2.27. The van der Waals surface area contributed by atoms with E-state index in [1.807, 2.05) is 30.3 Å². The van der Waals surface area contributed by atoms with E-state index in [9.17, 15) is 14.4 Å². The van der Waals surface area contributed by atoms with Crippen molar-refractivity contribution in [1.29, 1.82) is 0 Å². The zero-order valence-electron chi connectivity index (χ0n) is 17.4. The molecule has 1 aliphatic heterocycles. The number of hydrogen-bond donors (Lipinski definition) is 0. The number of rotatable bonds is 3. The summed E-state index contributed by atoms with van der Waals surface area (Å²) in [4.78, 5) is 42.6. The van der Waals surface area contributed by atoms with Crippen molar-refractivity contribution in [1.82, 2.24) is 14.0 Å². The molecule has 2 aromatic carbocycles. The average Bonchev–Trinajstić information content (AvgIpc) is 3.17. The maximum Gasteiger partial charge on any atom is 0.337 e. The third-order valence-corrected chi connectivity index (χ3v) is 7.40. The molecular weight excluding hydrogens is 446 g/mol. The molecule has 32 heavy (non-hydrogen) atoms. The van der Waals surface area contributed by atoms with E-state index in [1.165, 1.54) is 15.9 Å². The van der Waals surface area contributed by atoms with Crippen LogP contribution in [0.2, 0.25) is 5.02 Å². The van der Waals surface area contributed by atoms with Crippen molar-refractivity contribution >= 4 is 39.1 Å². The van der Waals surface area contributed by atoms with E-state index in [-0.39, 0.29) is 11.5 Å². The molecule has 0 atom stereocenters. The maximum atomic E-state index is 13.7. The third-order valence-electron chi connectivity index (χ3n) is 5.84. The molecule has 1 amide bonds. The quantitative estimate of drug-likeness (QED) is 0.462. The smallest absolute Gasteiger partial charge is 0.337 e. The van der Waals surface area contributed by atoms with E-state index in [0.717, 1.165) is 16.0 Å². The van der Waals surface area contributed by atoms with Crippen LogP contribution < -0.4 is 11.2 Å². The first kappa shape index (κ1) is 20.7. The molecule has 0 radical (unpaired) electrons. The van der Waals surface area contributed by atoms with Crippen LogP contribution in [0.3, 0.4) is 0 Å². The van der Waals surface area contributed by atoms with Crippen molar-refractivity contribution in [3.63, 3.8) is 0 Å². The van der Waals surface area contributed by atoms with Gasteiger partial charge in [0.05, 0.1) is 29.2 Å². The van der Waals surface area contributed by atoms with Gasteiger partial charge in [0.1, 0.15) is 4.83 Å². The zero-order chi connectivity index (χ0) is 22.4. The number of carbonyl (C=O) groups is 1. The van der Waals surface area contributed by atoms with Crippen LogP contribution in [0.4, 0.5) is 0 Å². The predicted molar refractivity (Wildman–Crippen MR) is 127 cm³/mol. The highest BCUT2D eigenvalue weighted by Crippen LogP contribution is 2.33. The number of aromatic nitrogens is 2. The highest BCUT2D eigenvalue weighted by molar-refractivity contribution is 7.18. The number of hydrogen-bond acceptors (Lipinski definition) is 4. The lowest BCUT2D eigenvalue weighted by Gasteiger charge is -2.25. The molecule has 4 aromatic rings. The Morgan fingerprint density at radius 1 is 1.06 bits per heavy atom. The number of thiophene rings is 1. The van der Waals surface area contributed by atoms with Crippen LogP contribution in [0.25, 0.3) is 15.9 Å². The Kier molecular flexibility index (Phi) is 5.23. The van der Waals surface area contributed by atoms with E-state index in [1.54, 1.807) is 40.7 Å². The minimum absolute atomic E-state index is 0.00302. The van der Waals surface area contributed by atoms with Crippen molar-refractivity contribution < 1.29 is 4.79 Å². The summed E-state index contributed by atoms with van der Waals surface area (Å²) in [6.45, 7) is 2.89. The molecule has 8 heteroatoms. The molecule has 0 fully saturated rings. The number of amides is 1. The van der Waals surface area contributed by atoms with E-state index >= 15 is 0 Å². The van der Waals surface area contributed by atoms with Crippen LogP contribution in [0.15, 0.2) is 64.2 Å². The van der Waals surface area contributed by atoms with Crippen molar-refractivity contribution in [2.75, 3.05) is 6.54 Å². The Morgan fingerprint density at radius 2 is 1.78 bits per heavy atom. The zero-order valence-corrected chi connectivity index (χ0v) is 18.9. The molecular formula is C24H20ClN3O3S. The molecule has 0 aliphatic carbocycles. The fourth-order valence-corrected chi connectivity index (χ4v) is 5.79. The molecule has 1 aliphatic rings. The Bertz CT molecular complexity index is 1470. The second-order valence-electron chi connectivity index (χ2n) is 7.82. The molecule has 0 N–H and O–H groups in total. The van der Waals surface area contributed by atoms with E-state index < -0.39 is 5.69 Å². The number of para-hydroxylation sites is 1. The standard InChI is InChI=1S/C24H20ClN3O3S/c1-15(29)26-12-11-17-20(14-26)32-23-21(17)22(30)28(19-10-6-5-9-18(19)25)24(31)27(23)13-16-7-3-2-4-8-16/h2-10H,11-14H2,1H3. The van der Waals surface area contributed by atoms with Gasteiger partial charge in [0.15, 0.2) is 0 Å². The Balaban J connectivity index is 1.82. The van der Waals surface area contributed by atoms with E-state index in [4.69, 9.17) is 11.6 Å². The van der Waals surface area contributed by atoms with Crippen LogP contribution in [0.5, 0.6) is 0 Å². The van der Waals surface area contributed by atoms with Crippen molar-refractivity contribution in [2.45, 2.75) is 26.4 Å². The number of fused-ring (bicyclic) bond motifs is 3. The van der Waals surface area contributed by atoms with Crippen molar-refractivity contribution in [3.05, 3.63) is 96.5 Å². The molecule has 0 saturated heterocycles. The molecule has 0 unspecified atom stereocenters. The third kappa shape index (κ3) is 3.38. The van der Waals surface area contributed by atoms with Crippen LogP contribution in [-0.2, 0) is 24.3 Å². The molecule has 2 aromatic heterocycles. The number of halogens is 1. The molecule has 162 valence electrons. The fraction of sp³-hybridized carbons (Fsp3) is 0.208. The van der Waals surface area contributed by atoms with Gasteiger partial charge in [-0.25, -0.2) is 9.36 Å². The van der Waals surface area contributed by atoms with Gasteiger partial charge in [-0.05, 0) is 29.7 Å². The van der Waals surface area contributed by atoms with E-state index in [2.05, 4.69) is 0 Å². The number of carbonyl (C=O) groups excluding carboxylic acids is 1. The summed E-state index contributed by atoms with van der Waals surface area (Å²) in [5, 5.41) is 0.882. The molecule has 0 bridgehead atoms. The lowest BCUT2D eigenvalue weighted by atomic mass is 10.1. The Morgan fingerprint density at radius 3 is 2.50 bits per heavy atom. The second kappa shape index (κ2) is 8.07. The van der Waals surface area contributed by atoms with Crippen LogP contribution in [0.1, 0.15) is 22.9 Å². The lowest BCUT2D eigenvalue weighted by molar-refractivity contribution is -0.129. The highest BCUT2D eigenvalue weighted by atomic mass is 35.5. The first-order valence-corrected chi connectivity index (χ1v) is 11.5. The molecule has 0 saturated carbocycles. The summed E-state index contributed by atoms with van der Waals surface area (Å²) < 4.78 is 2.83. The van der Waals surface area contributed by atoms with Gasteiger partial charge in [0, 0.05) is 18.3 Å². The normalized spacial score (nSPS) is 13.4. The lowest BCUT2D eigenvalue weighted by Crippen LogP contribution is -2.39. The molecule has 3 heterocycles. The van der Waals surface area contributed by atoms with Crippen molar-refractivity contribution in [3.8, 4) is 5.69 Å². The summed E-state index contributed by atoms with van der Waals surface area (Å²) in [7, 11) is 0. The Hall–Kier alpha value is -3.16. The minimum atomic E-state index is -0.429. The van der Waals surface area contributed by atoms with Crippen LogP contribution >= 0.6 is 22.9 Å². The Labute approximate surface area is 192 Å². The summed E-state index contributed by atoms with van der Waals surface area (Å²) in [6.07, 6.45) is 0.580. The fourth-order valence-electron chi connectivity index (χ4n) is 4.23. The SMILES string of the molecule is CC(=O)N1CCc2c(sc3c2c(=O)n(-c2ccccc2Cl)c(=O)n3Cc2ccccc2)C1. The van der Waals surface area contributed by atoms with Gasteiger partial charge in [-0.15, -0.1) is 11.3 Å². The maximum absolute atomic E-state index is 13.7. The van der Waals surface area contributed by atoms with Gasteiger partial charge >= 0.3 is 5.69 Å². The first-order valence-electron chi connectivity index (χ1n) is 10.3. The average molecular weight is 466 g/mol. The van der Waals surface area contributed by atoms with Gasteiger partial charge in [-0.2, -0.15) is 0 Å². The van der Waals surface area contributed by atoms with Crippen molar-refractivity contribution in [2.24, 2.45) is 0 Å². The summed E-state index contributed by atoms with van der Waals surface area (Å²) in [5.41, 5.74) is 1.46.